The fourth-order valence-electron chi connectivity index (χ4n) is 4.99. The van der Waals surface area contributed by atoms with E-state index in [1.807, 2.05) is 6.07 Å². The number of aromatic amines is 1. The molecule has 1 heterocycles. The average molecular weight is 245 g/mol. The lowest BCUT2D eigenvalue weighted by molar-refractivity contribution is 0.0105. The van der Waals surface area contributed by atoms with Crippen molar-refractivity contribution >= 4 is 5.82 Å². The van der Waals surface area contributed by atoms with Gasteiger partial charge in [-0.3, -0.25) is 4.98 Å². The normalized spacial score (nSPS) is 41.0. The largest absolute Gasteiger partial charge is 0.366 e. The van der Waals surface area contributed by atoms with Crippen LogP contribution in [0, 0.1) is 17.8 Å². The summed E-state index contributed by atoms with van der Waals surface area (Å²) in [5.74, 6) is 3.59. The Kier molecular flexibility index (Phi) is 2.11. The highest BCUT2D eigenvalue weighted by Gasteiger charge is 2.50. The van der Waals surface area contributed by atoms with E-state index in [2.05, 4.69) is 15.3 Å². The average Bonchev–Trinajstić information content (AvgIpc) is 2.25. The van der Waals surface area contributed by atoms with Crippen molar-refractivity contribution in [3.8, 4) is 0 Å². The van der Waals surface area contributed by atoms with Gasteiger partial charge in [0.1, 0.15) is 5.82 Å². The molecule has 0 atom stereocenters. The Morgan fingerprint density at radius 3 is 2.33 bits per heavy atom. The van der Waals surface area contributed by atoms with Crippen molar-refractivity contribution in [2.45, 2.75) is 44.1 Å². The van der Waals surface area contributed by atoms with Gasteiger partial charge in [0.15, 0.2) is 0 Å². The van der Waals surface area contributed by atoms with Crippen molar-refractivity contribution in [2.75, 3.05) is 5.32 Å². The molecule has 4 nitrogen and oxygen atoms in total. The molecular weight excluding hydrogens is 226 g/mol. The van der Waals surface area contributed by atoms with E-state index in [0.717, 1.165) is 23.6 Å². The van der Waals surface area contributed by atoms with E-state index in [-0.39, 0.29) is 11.2 Å². The molecule has 4 aliphatic carbocycles. The summed E-state index contributed by atoms with van der Waals surface area (Å²) in [5.41, 5.74) is -0.0105. The van der Waals surface area contributed by atoms with Crippen molar-refractivity contribution < 1.29 is 0 Å². The highest BCUT2D eigenvalue weighted by atomic mass is 16.1. The van der Waals surface area contributed by atoms with Gasteiger partial charge < -0.3 is 5.32 Å². The Morgan fingerprint density at radius 1 is 1.17 bits per heavy atom. The second-order valence-corrected chi connectivity index (χ2v) is 6.61. The maximum absolute atomic E-state index is 11.3. The molecule has 4 bridgehead atoms. The van der Waals surface area contributed by atoms with Gasteiger partial charge in [0, 0.05) is 11.7 Å². The van der Waals surface area contributed by atoms with Crippen LogP contribution in [0.2, 0.25) is 0 Å². The summed E-state index contributed by atoms with van der Waals surface area (Å²) < 4.78 is 0. The second-order valence-electron chi connectivity index (χ2n) is 6.61. The highest BCUT2D eigenvalue weighted by molar-refractivity contribution is 5.37. The number of aromatic nitrogens is 2. The molecule has 2 N–H and O–H groups in total. The molecule has 18 heavy (non-hydrogen) atoms. The number of nitrogens with zero attached hydrogens (tertiary/aromatic N) is 1. The molecule has 4 heteroatoms. The minimum Gasteiger partial charge on any atom is -0.366 e. The lowest BCUT2D eigenvalue weighted by Crippen LogP contribution is -2.55. The number of nitrogens with one attached hydrogen (secondary N) is 2. The van der Waals surface area contributed by atoms with Gasteiger partial charge in [0.05, 0.1) is 0 Å². The minimum atomic E-state index is -0.260. The molecule has 0 radical (unpaired) electrons. The van der Waals surface area contributed by atoms with Crippen LogP contribution in [-0.2, 0) is 0 Å². The number of hydrogen-bond donors (Lipinski definition) is 2. The minimum absolute atomic E-state index is 0.249. The highest BCUT2D eigenvalue weighted by Crippen LogP contribution is 2.56. The molecule has 1 aromatic heterocycles. The molecule has 0 aromatic carbocycles. The van der Waals surface area contributed by atoms with E-state index >= 15 is 0 Å². The molecule has 0 spiro atoms. The number of anilines is 1. The molecule has 0 aliphatic heterocycles. The molecule has 0 amide bonds. The zero-order valence-corrected chi connectivity index (χ0v) is 10.5. The smallest absolute Gasteiger partial charge is 0.346 e. The van der Waals surface area contributed by atoms with Crippen LogP contribution in [0.15, 0.2) is 17.1 Å². The van der Waals surface area contributed by atoms with Crippen LogP contribution in [0.4, 0.5) is 5.82 Å². The van der Waals surface area contributed by atoms with Crippen LogP contribution in [0.25, 0.3) is 0 Å². The summed E-state index contributed by atoms with van der Waals surface area (Å²) in [6, 6.07) is 1.87. The molecule has 96 valence electrons. The third-order valence-electron chi connectivity index (χ3n) is 5.11. The zero-order chi connectivity index (χ0) is 12.2. The Labute approximate surface area is 106 Å². The summed E-state index contributed by atoms with van der Waals surface area (Å²) in [6.07, 6.45) is 9.74. The van der Waals surface area contributed by atoms with Gasteiger partial charge in [-0.25, -0.2) is 9.78 Å². The Hall–Kier alpha value is -1.32. The summed E-state index contributed by atoms with van der Waals surface area (Å²) in [5, 5.41) is 3.63. The first-order chi connectivity index (χ1) is 8.71. The van der Waals surface area contributed by atoms with Crippen LogP contribution in [0.3, 0.4) is 0 Å². The van der Waals surface area contributed by atoms with Crippen LogP contribution in [0.5, 0.6) is 0 Å². The van der Waals surface area contributed by atoms with Gasteiger partial charge in [0.25, 0.3) is 0 Å². The maximum Gasteiger partial charge on any atom is 0.346 e. The van der Waals surface area contributed by atoms with Crippen molar-refractivity contribution in [3.05, 3.63) is 22.7 Å². The van der Waals surface area contributed by atoms with E-state index < -0.39 is 0 Å². The predicted octanol–water partition coefficient (Wildman–Crippen LogP) is 2.15. The van der Waals surface area contributed by atoms with Gasteiger partial charge in [-0.15, -0.1) is 0 Å². The Bertz CT molecular complexity index is 486. The number of rotatable bonds is 2. The molecule has 4 fully saturated rings. The van der Waals surface area contributed by atoms with Gasteiger partial charge in [0.2, 0.25) is 0 Å². The Morgan fingerprint density at radius 2 is 1.78 bits per heavy atom. The first-order valence-electron chi connectivity index (χ1n) is 7.04. The van der Waals surface area contributed by atoms with Crippen LogP contribution < -0.4 is 11.0 Å². The van der Waals surface area contributed by atoms with E-state index in [4.69, 9.17) is 0 Å². The van der Waals surface area contributed by atoms with E-state index in [0.29, 0.717) is 0 Å². The molecule has 4 aliphatic rings. The van der Waals surface area contributed by atoms with Gasteiger partial charge in [-0.05, 0) is 62.3 Å². The van der Waals surface area contributed by atoms with Gasteiger partial charge >= 0.3 is 5.69 Å². The summed E-state index contributed by atoms with van der Waals surface area (Å²) in [4.78, 5) is 17.8. The van der Waals surface area contributed by atoms with Crippen LogP contribution in [-0.4, -0.2) is 15.5 Å². The first-order valence-corrected chi connectivity index (χ1v) is 7.04. The lowest BCUT2D eigenvalue weighted by atomic mass is 9.53. The fourth-order valence-corrected chi connectivity index (χ4v) is 4.99. The lowest BCUT2D eigenvalue weighted by Gasteiger charge is -2.57. The molecule has 0 unspecified atom stereocenters. The van der Waals surface area contributed by atoms with E-state index in [1.165, 1.54) is 38.5 Å². The third kappa shape index (κ3) is 1.66. The van der Waals surface area contributed by atoms with E-state index in [9.17, 15) is 4.79 Å². The van der Waals surface area contributed by atoms with Gasteiger partial charge in [-0.1, -0.05) is 0 Å². The van der Waals surface area contributed by atoms with Crippen LogP contribution >= 0.6 is 0 Å². The van der Waals surface area contributed by atoms with E-state index in [1.54, 1.807) is 6.20 Å². The fraction of sp³-hybridized carbons (Fsp3) is 0.714. The molecular formula is C14H19N3O. The maximum atomic E-state index is 11.3. The third-order valence-corrected chi connectivity index (χ3v) is 5.11. The summed E-state index contributed by atoms with van der Waals surface area (Å²) >= 11 is 0. The zero-order valence-electron chi connectivity index (χ0n) is 10.5. The predicted molar refractivity (Wildman–Crippen MR) is 69.4 cm³/mol. The van der Waals surface area contributed by atoms with Crippen molar-refractivity contribution in [1.82, 2.24) is 9.97 Å². The van der Waals surface area contributed by atoms with Crippen molar-refractivity contribution in [2.24, 2.45) is 17.8 Å². The number of H-pyrrole nitrogens is 1. The van der Waals surface area contributed by atoms with Gasteiger partial charge in [-0.2, -0.15) is 0 Å². The van der Waals surface area contributed by atoms with Crippen molar-refractivity contribution in [3.63, 3.8) is 0 Å². The second kappa shape index (κ2) is 3.59. The monoisotopic (exact) mass is 245 g/mol. The molecule has 5 rings (SSSR count). The summed E-state index contributed by atoms with van der Waals surface area (Å²) in [6.45, 7) is 0. The molecule has 4 saturated carbocycles. The SMILES string of the molecule is O=c1nccc(NC23CC4CC(CC(C4)C2)C3)[nH]1. The molecule has 0 saturated heterocycles. The first kappa shape index (κ1) is 10.6. The van der Waals surface area contributed by atoms with Crippen LogP contribution in [0.1, 0.15) is 38.5 Å². The topological polar surface area (TPSA) is 57.8 Å². The quantitative estimate of drug-likeness (QED) is 0.839. The Balaban J connectivity index is 1.62. The number of hydrogen-bond acceptors (Lipinski definition) is 3. The molecule has 1 aromatic rings. The summed E-state index contributed by atoms with van der Waals surface area (Å²) in [7, 11) is 0. The van der Waals surface area contributed by atoms with Crippen molar-refractivity contribution in [1.29, 1.82) is 0 Å². The standard InChI is InChI=1S/C14H19N3O/c18-13-15-2-1-12(16-13)17-14-6-9-3-10(7-14)5-11(4-9)8-14/h1-2,9-11H,3-8H2,(H2,15,16,17,18).